The Bertz CT molecular complexity index is 352. The number of hydrogen-bond acceptors (Lipinski definition) is 3. The van der Waals surface area contributed by atoms with Crippen LogP contribution in [-0.2, 0) is 4.74 Å². The number of carbonyl (C=O) groups is 1. The van der Waals surface area contributed by atoms with Gasteiger partial charge in [-0.25, -0.2) is 4.98 Å². The third-order valence-electron chi connectivity index (χ3n) is 1.92. The molecule has 0 spiro atoms. The summed E-state index contributed by atoms with van der Waals surface area (Å²) < 4.78 is 4.93. The zero-order valence-corrected chi connectivity index (χ0v) is 8.12. The van der Waals surface area contributed by atoms with Crippen LogP contribution in [0.25, 0.3) is 0 Å². The number of halogens is 1. The molecule has 14 heavy (non-hydrogen) atoms. The third-order valence-corrected chi connectivity index (χ3v) is 2.13. The Kier molecular flexibility index (Phi) is 2.65. The van der Waals surface area contributed by atoms with E-state index in [1.165, 1.54) is 0 Å². The monoisotopic (exact) mass is 212 g/mol. The fourth-order valence-electron chi connectivity index (χ4n) is 1.11. The first kappa shape index (κ1) is 9.43. The summed E-state index contributed by atoms with van der Waals surface area (Å²) >= 11 is 5.66. The van der Waals surface area contributed by atoms with E-state index in [1.807, 2.05) is 0 Å². The number of nitrogens with zero attached hydrogens (tertiary/aromatic N) is 1. The van der Waals surface area contributed by atoms with Crippen LogP contribution in [0.4, 0.5) is 0 Å². The van der Waals surface area contributed by atoms with Crippen molar-refractivity contribution in [3.8, 4) is 0 Å². The van der Waals surface area contributed by atoms with Gasteiger partial charge in [0.25, 0.3) is 5.91 Å². The van der Waals surface area contributed by atoms with E-state index in [0.717, 1.165) is 0 Å². The normalized spacial score (nSPS) is 16.1. The molecule has 1 saturated heterocycles. The predicted octanol–water partition coefficient (Wildman–Crippen LogP) is 0.864. The van der Waals surface area contributed by atoms with Crippen LogP contribution in [0.1, 0.15) is 10.5 Å². The molecule has 0 aromatic carbocycles. The van der Waals surface area contributed by atoms with E-state index < -0.39 is 0 Å². The molecule has 2 rings (SSSR count). The van der Waals surface area contributed by atoms with Crippen molar-refractivity contribution in [3.05, 3.63) is 29.0 Å². The van der Waals surface area contributed by atoms with E-state index in [1.54, 1.807) is 18.2 Å². The third kappa shape index (κ3) is 2.02. The number of hydrogen-bond donors (Lipinski definition) is 1. The van der Waals surface area contributed by atoms with Crippen LogP contribution in [0.2, 0.25) is 5.15 Å². The molecule has 1 aromatic heterocycles. The van der Waals surface area contributed by atoms with E-state index in [0.29, 0.717) is 24.1 Å². The first-order valence-electron chi connectivity index (χ1n) is 4.27. The smallest absolute Gasteiger partial charge is 0.270 e. The predicted molar refractivity (Wildman–Crippen MR) is 51.3 cm³/mol. The van der Waals surface area contributed by atoms with Crippen LogP contribution in [0.3, 0.4) is 0 Å². The molecule has 1 amide bonds. The first-order valence-corrected chi connectivity index (χ1v) is 4.64. The van der Waals surface area contributed by atoms with Crippen molar-refractivity contribution in [2.75, 3.05) is 13.2 Å². The summed E-state index contributed by atoms with van der Waals surface area (Å²) in [4.78, 5) is 15.4. The van der Waals surface area contributed by atoms with Gasteiger partial charge in [0.2, 0.25) is 0 Å². The zero-order valence-electron chi connectivity index (χ0n) is 7.37. The Morgan fingerprint density at radius 3 is 2.93 bits per heavy atom. The van der Waals surface area contributed by atoms with Gasteiger partial charge in [0.1, 0.15) is 10.8 Å². The van der Waals surface area contributed by atoms with Crippen LogP contribution >= 0.6 is 11.6 Å². The van der Waals surface area contributed by atoms with E-state index in [4.69, 9.17) is 16.3 Å². The van der Waals surface area contributed by atoms with E-state index >= 15 is 0 Å². The summed E-state index contributed by atoms with van der Waals surface area (Å²) in [6.45, 7) is 1.15. The summed E-state index contributed by atoms with van der Waals surface area (Å²) in [6.07, 6.45) is 0. The second-order valence-electron chi connectivity index (χ2n) is 3.05. The van der Waals surface area contributed by atoms with Gasteiger partial charge in [-0.15, -0.1) is 0 Å². The fourth-order valence-corrected chi connectivity index (χ4v) is 1.28. The maximum Gasteiger partial charge on any atom is 0.270 e. The van der Waals surface area contributed by atoms with Crippen molar-refractivity contribution in [3.63, 3.8) is 0 Å². The average molecular weight is 213 g/mol. The van der Waals surface area contributed by atoms with Gasteiger partial charge in [-0.2, -0.15) is 0 Å². The van der Waals surface area contributed by atoms with Crippen molar-refractivity contribution in [1.29, 1.82) is 0 Å². The molecule has 1 aromatic rings. The van der Waals surface area contributed by atoms with Gasteiger partial charge >= 0.3 is 0 Å². The Labute approximate surface area is 86.2 Å². The second kappa shape index (κ2) is 3.94. The zero-order chi connectivity index (χ0) is 9.97. The highest BCUT2D eigenvalue weighted by molar-refractivity contribution is 6.29. The molecule has 1 aliphatic rings. The van der Waals surface area contributed by atoms with E-state index in [2.05, 4.69) is 10.3 Å². The highest BCUT2D eigenvalue weighted by Crippen LogP contribution is 2.06. The highest BCUT2D eigenvalue weighted by Gasteiger charge is 2.21. The van der Waals surface area contributed by atoms with Gasteiger partial charge < -0.3 is 10.1 Å². The standard InChI is InChI=1S/C9H9ClN2O2/c10-8-3-1-2-7(12-8)9(13)11-6-4-14-5-6/h1-3,6H,4-5H2,(H,11,13). The van der Waals surface area contributed by atoms with Crippen LogP contribution in [0.5, 0.6) is 0 Å². The largest absolute Gasteiger partial charge is 0.377 e. The Morgan fingerprint density at radius 2 is 2.36 bits per heavy atom. The minimum atomic E-state index is -0.208. The lowest BCUT2D eigenvalue weighted by Crippen LogP contribution is -2.48. The lowest BCUT2D eigenvalue weighted by molar-refractivity contribution is -0.00354. The highest BCUT2D eigenvalue weighted by atomic mass is 35.5. The molecule has 0 aliphatic carbocycles. The summed E-state index contributed by atoms with van der Waals surface area (Å²) in [5.74, 6) is -0.208. The maximum atomic E-state index is 11.5. The van der Waals surface area contributed by atoms with Gasteiger partial charge in [-0.3, -0.25) is 4.79 Å². The molecule has 5 heteroatoms. The molecule has 4 nitrogen and oxygen atoms in total. The van der Waals surface area contributed by atoms with Crippen molar-refractivity contribution in [2.45, 2.75) is 6.04 Å². The quantitative estimate of drug-likeness (QED) is 0.740. The number of pyridine rings is 1. The molecule has 74 valence electrons. The van der Waals surface area contributed by atoms with Gasteiger partial charge in [0.15, 0.2) is 0 Å². The molecular formula is C9H9ClN2O2. The molecule has 0 radical (unpaired) electrons. The molecule has 0 bridgehead atoms. The number of nitrogens with one attached hydrogen (secondary N) is 1. The molecule has 1 aliphatic heterocycles. The molecule has 0 unspecified atom stereocenters. The Morgan fingerprint density at radius 1 is 1.57 bits per heavy atom. The average Bonchev–Trinajstić information content (AvgIpc) is 2.11. The topological polar surface area (TPSA) is 51.2 Å². The molecular weight excluding hydrogens is 204 g/mol. The van der Waals surface area contributed by atoms with Crippen LogP contribution < -0.4 is 5.32 Å². The minimum Gasteiger partial charge on any atom is -0.377 e. The number of amides is 1. The number of ether oxygens (including phenoxy) is 1. The molecule has 1 fully saturated rings. The van der Waals surface area contributed by atoms with Gasteiger partial charge in [0, 0.05) is 0 Å². The van der Waals surface area contributed by atoms with Crippen molar-refractivity contribution >= 4 is 17.5 Å². The lowest BCUT2D eigenvalue weighted by atomic mass is 10.2. The van der Waals surface area contributed by atoms with Crippen LogP contribution in [0, 0.1) is 0 Å². The van der Waals surface area contributed by atoms with Crippen molar-refractivity contribution in [1.82, 2.24) is 10.3 Å². The van der Waals surface area contributed by atoms with Crippen LogP contribution in [-0.4, -0.2) is 30.1 Å². The summed E-state index contributed by atoms with van der Waals surface area (Å²) in [7, 11) is 0. The maximum absolute atomic E-state index is 11.5. The lowest BCUT2D eigenvalue weighted by Gasteiger charge is -2.26. The molecule has 2 heterocycles. The molecule has 1 N–H and O–H groups in total. The van der Waals surface area contributed by atoms with Crippen molar-refractivity contribution in [2.24, 2.45) is 0 Å². The van der Waals surface area contributed by atoms with Crippen molar-refractivity contribution < 1.29 is 9.53 Å². The fraction of sp³-hybridized carbons (Fsp3) is 0.333. The number of aromatic nitrogens is 1. The van der Waals surface area contributed by atoms with E-state index in [9.17, 15) is 4.79 Å². The second-order valence-corrected chi connectivity index (χ2v) is 3.44. The minimum absolute atomic E-state index is 0.114. The SMILES string of the molecule is O=C(NC1COC1)c1cccc(Cl)n1. The molecule has 0 atom stereocenters. The summed E-state index contributed by atoms with van der Waals surface area (Å²) in [5, 5.41) is 3.10. The molecule has 0 saturated carbocycles. The van der Waals surface area contributed by atoms with Crippen LogP contribution in [0.15, 0.2) is 18.2 Å². The van der Waals surface area contributed by atoms with Gasteiger partial charge in [-0.1, -0.05) is 17.7 Å². The van der Waals surface area contributed by atoms with Gasteiger partial charge in [0.05, 0.1) is 19.3 Å². The first-order chi connectivity index (χ1) is 6.75. The Balaban J connectivity index is 2.02. The summed E-state index contributed by atoms with van der Waals surface area (Å²) in [6, 6.07) is 5.07. The number of rotatable bonds is 2. The summed E-state index contributed by atoms with van der Waals surface area (Å²) in [5.41, 5.74) is 0.337. The number of carbonyl (C=O) groups excluding carboxylic acids is 1. The van der Waals surface area contributed by atoms with Gasteiger partial charge in [-0.05, 0) is 12.1 Å². The van der Waals surface area contributed by atoms with E-state index in [-0.39, 0.29) is 11.9 Å². The Hall–Kier alpha value is -1.13.